The SMILES string of the molecule is Cc1ccc2c(c1)C(=O)CC1(CCN(C(=O)COc3ccc(C)cc3C(C)(C)C)CC1)O2. The first-order valence-corrected chi connectivity index (χ1v) is 11.4. The quantitative estimate of drug-likeness (QED) is 0.680. The molecule has 0 radical (unpaired) electrons. The Hall–Kier alpha value is -2.82. The highest BCUT2D eigenvalue weighted by Gasteiger charge is 2.43. The fraction of sp³-hybridized carbons (Fsp3) is 0.481. The van der Waals surface area contributed by atoms with Crippen LogP contribution < -0.4 is 9.47 Å². The van der Waals surface area contributed by atoms with E-state index in [9.17, 15) is 9.59 Å². The summed E-state index contributed by atoms with van der Waals surface area (Å²) in [4.78, 5) is 27.4. The van der Waals surface area contributed by atoms with E-state index in [1.807, 2.05) is 42.2 Å². The van der Waals surface area contributed by atoms with Crippen LogP contribution in [0.15, 0.2) is 36.4 Å². The van der Waals surface area contributed by atoms with E-state index < -0.39 is 5.60 Å². The van der Waals surface area contributed by atoms with E-state index in [0.717, 1.165) is 16.9 Å². The molecule has 1 saturated heterocycles. The number of ether oxygens (including phenoxy) is 2. The molecule has 2 aliphatic rings. The molecule has 2 aromatic carbocycles. The lowest BCUT2D eigenvalue weighted by Crippen LogP contribution is -2.53. The number of nitrogens with zero attached hydrogens (tertiary/aromatic N) is 1. The minimum absolute atomic E-state index is 0.0149. The molecule has 1 spiro atoms. The molecule has 1 amide bonds. The molecule has 0 saturated carbocycles. The first kappa shape index (κ1) is 22.4. The summed E-state index contributed by atoms with van der Waals surface area (Å²) < 4.78 is 12.3. The topological polar surface area (TPSA) is 55.8 Å². The van der Waals surface area contributed by atoms with E-state index in [1.165, 1.54) is 5.56 Å². The van der Waals surface area contributed by atoms with Gasteiger partial charge in [0, 0.05) is 25.9 Å². The summed E-state index contributed by atoms with van der Waals surface area (Å²) in [5, 5.41) is 0. The first-order chi connectivity index (χ1) is 15.1. The molecule has 0 aromatic heterocycles. The van der Waals surface area contributed by atoms with Crippen molar-refractivity contribution in [1.82, 2.24) is 4.90 Å². The van der Waals surface area contributed by atoms with E-state index >= 15 is 0 Å². The van der Waals surface area contributed by atoms with Crippen molar-refractivity contribution < 1.29 is 19.1 Å². The maximum Gasteiger partial charge on any atom is 0.260 e. The Bertz CT molecular complexity index is 1040. The number of carbonyl (C=O) groups excluding carboxylic acids is 2. The Morgan fingerprint density at radius 1 is 1.06 bits per heavy atom. The van der Waals surface area contributed by atoms with Crippen molar-refractivity contribution >= 4 is 11.7 Å². The molecule has 2 heterocycles. The average Bonchev–Trinajstić information content (AvgIpc) is 2.73. The van der Waals surface area contributed by atoms with Gasteiger partial charge in [-0.05, 0) is 43.0 Å². The number of hydrogen-bond donors (Lipinski definition) is 0. The Morgan fingerprint density at radius 2 is 1.72 bits per heavy atom. The zero-order chi connectivity index (χ0) is 23.1. The van der Waals surface area contributed by atoms with Gasteiger partial charge in [-0.25, -0.2) is 0 Å². The monoisotopic (exact) mass is 435 g/mol. The molecule has 0 atom stereocenters. The van der Waals surface area contributed by atoms with Crippen molar-refractivity contribution in [2.45, 2.75) is 64.9 Å². The number of rotatable bonds is 3. The predicted octanol–water partition coefficient (Wildman–Crippen LogP) is 5.01. The van der Waals surface area contributed by atoms with Gasteiger partial charge in [-0.2, -0.15) is 0 Å². The maximum atomic E-state index is 12.9. The number of ketones is 1. The van der Waals surface area contributed by atoms with Crippen molar-refractivity contribution in [3.63, 3.8) is 0 Å². The summed E-state index contributed by atoms with van der Waals surface area (Å²) in [5.41, 5.74) is 3.43. The minimum Gasteiger partial charge on any atom is -0.486 e. The second-order valence-electron chi connectivity index (χ2n) is 10.3. The van der Waals surface area contributed by atoms with Crippen molar-refractivity contribution in [1.29, 1.82) is 0 Å². The molecular formula is C27H33NO4. The highest BCUT2D eigenvalue weighted by molar-refractivity contribution is 6.00. The Labute approximate surface area is 190 Å². The molecule has 5 nitrogen and oxygen atoms in total. The van der Waals surface area contributed by atoms with Gasteiger partial charge >= 0.3 is 0 Å². The van der Waals surface area contributed by atoms with Gasteiger partial charge in [-0.15, -0.1) is 0 Å². The molecule has 2 aliphatic heterocycles. The Morgan fingerprint density at radius 3 is 2.41 bits per heavy atom. The zero-order valence-electron chi connectivity index (χ0n) is 19.8. The summed E-state index contributed by atoms with van der Waals surface area (Å²) in [5.74, 6) is 1.53. The lowest BCUT2D eigenvalue weighted by molar-refractivity contribution is -0.137. The summed E-state index contributed by atoms with van der Waals surface area (Å²) in [6, 6.07) is 11.9. The van der Waals surface area contributed by atoms with Gasteiger partial charge in [0.25, 0.3) is 5.91 Å². The third-order valence-electron chi connectivity index (χ3n) is 6.57. The molecule has 2 aromatic rings. The van der Waals surface area contributed by atoms with E-state index in [0.29, 0.717) is 43.7 Å². The number of benzene rings is 2. The van der Waals surface area contributed by atoms with Crippen molar-refractivity contribution in [3.05, 3.63) is 58.7 Å². The van der Waals surface area contributed by atoms with Gasteiger partial charge in [0.2, 0.25) is 0 Å². The van der Waals surface area contributed by atoms with Crippen LogP contribution in [0.25, 0.3) is 0 Å². The molecule has 4 rings (SSSR count). The van der Waals surface area contributed by atoms with Crippen LogP contribution in [0.3, 0.4) is 0 Å². The van der Waals surface area contributed by atoms with Gasteiger partial charge in [0.15, 0.2) is 12.4 Å². The summed E-state index contributed by atoms with van der Waals surface area (Å²) >= 11 is 0. The summed E-state index contributed by atoms with van der Waals surface area (Å²) in [6.45, 7) is 11.6. The Balaban J connectivity index is 1.38. The van der Waals surface area contributed by atoms with Crippen LogP contribution in [-0.4, -0.2) is 41.9 Å². The van der Waals surface area contributed by atoms with Crippen LogP contribution >= 0.6 is 0 Å². The molecule has 0 aliphatic carbocycles. The van der Waals surface area contributed by atoms with E-state index in [2.05, 4.69) is 33.8 Å². The van der Waals surface area contributed by atoms with Crippen LogP contribution in [0.2, 0.25) is 0 Å². The maximum absolute atomic E-state index is 12.9. The third kappa shape index (κ3) is 4.52. The number of hydrogen-bond acceptors (Lipinski definition) is 4. The molecule has 32 heavy (non-hydrogen) atoms. The van der Waals surface area contributed by atoms with Gasteiger partial charge in [0.05, 0.1) is 12.0 Å². The average molecular weight is 436 g/mol. The number of aryl methyl sites for hydroxylation is 2. The lowest BCUT2D eigenvalue weighted by atomic mass is 9.82. The van der Waals surface area contributed by atoms with E-state index in [4.69, 9.17) is 9.47 Å². The summed E-state index contributed by atoms with van der Waals surface area (Å²) in [7, 11) is 0. The molecule has 0 bridgehead atoms. The molecule has 5 heteroatoms. The number of amides is 1. The highest BCUT2D eigenvalue weighted by atomic mass is 16.5. The first-order valence-electron chi connectivity index (χ1n) is 11.4. The van der Waals surface area contributed by atoms with Gasteiger partial charge < -0.3 is 14.4 Å². The van der Waals surface area contributed by atoms with E-state index in [1.54, 1.807) is 0 Å². The number of likely N-dealkylation sites (tertiary alicyclic amines) is 1. The minimum atomic E-state index is -0.507. The van der Waals surface area contributed by atoms with Gasteiger partial charge in [0.1, 0.15) is 17.1 Å². The number of carbonyl (C=O) groups is 2. The second-order valence-corrected chi connectivity index (χ2v) is 10.3. The van der Waals surface area contributed by atoms with Gasteiger partial charge in [-0.3, -0.25) is 9.59 Å². The fourth-order valence-corrected chi connectivity index (χ4v) is 4.64. The predicted molar refractivity (Wildman–Crippen MR) is 125 cm³/mol. The third-order valence-corrected chi connectivity index (χ3v) is 6.57. The van der Waals surface area contributed by atoms with Crippen LogP contribution in [0.1, 0.15) is 67.1 Å². The number of fused-ring (bicyclic) bond motifs is 1. The zero-order valence-corrected chi connectivity index (χ0v) is 19.8. The standard InChI is InChI=1S/C27H33NO4/c1-18-6-8-23-20(14-18)22(29)16-27(32-23)10-12-28(13-11-27)25(30)17-31-24-9-7-19(2)15-21(24)26(3,4)5/h6-9,14-15H,10-13,16-17H2,1-5H3. The van der Waals surface area contributed by atoms with Crippen LogP contribution in [0.4, 0.5) is 0 Å². The summed E-state index contributed by atoms with van der Waals surface area (Å²) in [6.07, 6.45) is 1.67. The number of Topliss-reactive ketones (excluding diaryl/α,β-unsaturated/α-hetero) is 1. The molecule has 170 valence electrons. The highest BCUT2D eigenvalue weighted by Crippen LogP contribution is 2.39. The molecule has 1 fully saturated rings. The van der Waals surface area contributed by atoms with Gasteiger partial charge in [-0.1, -0.05) is 50.1 Å². The largest absolute Gasteiger partial charge is 0.486 e. The smallest absolute Gasteiger partial charge is 0.260 e. The molecule has 0 unspecified atom stereocenters. The lowest BCUT2D eigenvalue weighted by Gasteiger charge is -2.44. The second kappa shape index (κ2) is 8.27. The van der Waals surface area contributed by atoms with Crippen molar-refractivity contribution in [2.75, 3.05) is 19.7 Å². The Kier molecular flexibility index (Phi) is 5.78. The van der Waals surface area contributed by atoms with E-state index in [-0.39, 0.29) is 23.7 Å². The fourth-order valence-electron chi connectivity index (χ4n) is 4.64. The normalized spacial score (nSPS) is 17.7. The molecule has 0 N–H and O–H groups in total. The van der Waals surface area contributed by atoms with Crippen LogP contribution in [0.5, 0.6) is 11.5 Å². The molecular weight excluding hydrogens is 402 g/mol. The van der Waals surface area contributed by atoms with Crippen LogP contribution in [0, 0.1) is 13.8 Å². The number of piperidine rings is 1. The van der Waals surface area contributed by atoms with Crippen LogP contribution in [-0.2, 0) is 10.2 Å². The van der Waals surface area contributed by atoms with Crippen molar-refractivity contribution in [3.8, 4) is 11.5 Å². The van der Waals surface area contributed by atoms with Crippen molar-refractivity contribution in [2.24, 2.45) is 0 Å².